The molecule has 1 aliphatic rings. The number of halogens is 2. The summed E-state index contributed by atoms with van der Waals surface area (Å²) >= 11 is 5.98. The fourth-order valence-electron chi connectivity index (χ4n) is 2.88. The van der Waals surface area contributed by atoms with Crippen molar-refractivity contribution < 1.29 is 12.8 Å². The van der Waals surface area contributed by atoms with E-state index in [2.05, 4.69) is 0 Å². The molecule has 0 aliphatic carbocycles. The lowest BCUT2D eigenvalue weighted by atomic mass is 9.90. The van der Waals surface area contributed by atoms with Crippen LogP contribution in [0.15, 0.2) is 27.7 Å². The summed E-state index contributed by atoms with van der Waals surface area (Å²) in [4.78, 5) is 0. The number of aryl methyl sites for hydroxylation is 1. The fourth-order valence-corrected chi connectivity index (χ4v) is 4.80. The van der Waals surface area contributed by atoms with Crippen LogP contribution in [0.3, 0.4) is 0 Å². The molecular weight excluding hydrogens is 359 g/mol. The fraction of sp³-hybridized carbons (Fsp3) is 0.467. The Kier molecular flexibility index (Phi) is 5.05. The molecule has 1 atom stereocenters. The van der Waals surface area contributed by atoms with Gasteiger partial charge in [0.05, 0.1) is 0 Å². The predicted octanol–water partition coefficient (Wildman–Crippen LogP) is 3.18. The minimum Gasteiger partial charge on any atom is -0.443 e. The first-order valence-corrected chi connectivity index (χ1v) is 8.97. The van der Waals surface area contributed by atoms with E-state index < -0.39 is 10.0 Å². The lowest BCUT2D eigenvalue weighted by Gasteiger charge is -2.21. The van der Waals surface area contributed by atoms with Crippen molar-refractivity contribution in [2.24, 2.45) is 11.1 Å². The van der Waals surface area contributed by atoms with Crippen LogP contribution in [-0.4, -0.2) is 32.4 Å². The number of rotatable bonds is 3. The van der Waals surface area contributed by atoms with Crippen molar-refractivity contribution in [3.8, 4) is 0 Å². The molecule has 1 fully saturated rings. The Balaban J connectivity index is 0.00000192. The van der Waals surface area contributed by atoms with Crippen molar-refractivity contribution in [2.75, 3.05) is 19.6 Å². The second kappa shape index (κ2) is 6.26. The maximum Gasteiger partial charge on any atom is 0.276 e. The van der Waals surface area contributed by atoms with E-state index in [0.29, 0.717) is 35.8 Å². The number of hydrogen-bond donors (Lipinski definition) is 1. The van der Waals surface area contributed by atoms with E-state index in [1.807, 2.05) is 6.92 Å². The highest BCUT2D eigenvalue weighted by molar-refractivity contribution is 7.89. The third-order valence-electron chi connectivity index (χ3n) is 4.44. The number of sulfonamides is 1. The minimum atomic E-state index is -3.66. The Morgan fingerprint density at radius 3 is 2.74 bits per heavy atom. The molecule has 1 aromatic heterocycles. The minimum absolute atomic E-state index is 0. The summed E-state index contributed by atoms with van der Waals surface area (Å²) < 4.78 is 32.8. The highest BCUT2D eigenvalue weighted by atomic mass is 35.5. The highest BCUT2D eigenvalue weighted by Gasteiger charge is 2.41. The Morgan fingerprint density at radius 2 is 2.13 bits per heavy atom. The Labute approximate surface area is 147 Å². The van der Waals surface area contributed by atoms with E-state index in [1.165, 1.54) is 4.31 Å². The van der Waals surface area contributed by atoms with Gasteiger partial charge in [0.2, 0.25) is 5.09 Å². The quantitative estimate of drug-likeness (QED) is 0.889. The molecular formula is C15H20Cl2N2O3S. The number of hydrogen-bond acceptors (Lipinski definition) is 4. The summed E-state index contributed by atoms with van der Waals surface area (Å²) in [7, 11) is -3.66. The van der Waals surface area contributed by atoms with E-state index in [0.717, 1.165) is 11.8 Å². The summed E-state index contributed by atoms with van der Waals surface area (Å²) in [5.74, 6) is 0. The van der Waals surface area contributed by atoms with Gasteiger partial charge < -0.3 is 10.2 Å². The Bertz CT molecular complexity index is 835. The summed E-state index contributed by atoms with van der Waals surface area (Å²) in [6.07, 6.45) is 0.758. The van der Waals surface area contributed by atoms with Crippen molar-refractivity contribution in [3.63, 3.8) is 0 Å². The van der Waals surface area contributed by atoms with Crippen molar-refractivity contribution in [1.29, 1.82) is 0 Å². The molecule has 8 heteroatoms. The van der Waals surface area contributed by atoms with Crippen LogP contribution < -0.4 is 5.73 Å². The van der Waals surface area contributed by atoms with Gasteiger partial charge in [-0.15, -0.1) is 12.4 Å². The maximum absolute atomic E-state index is 12.9. The van der Waals surface area contributed by atoms with Gasteiger partial charge in [0.15, 0.2) is 0 Å². The average Bonchev–Trinajstić information content (AvgIpc) is 3.02. The van der Waals surface area contributed by atoms with Crippen LogP contribution in [0.5, 0.6) is 0 Å². The van der Waals surface area contributed by atoms with Crippen LogP contribution in [0.25, 0.3) is 11.0 Å². The summed E-state index contributed by atoms with van der Waals surface area (Å²) in [5.41, 5.74) is 6.72. The van der Waals surface area contributed by atoms with Crippen molar-refractivity contribution >= 4 is 45.0 Å². The molecule has 0 bridgehead atoms. The summed E-state index contributed by atoms with van der Waals surface area (Å²) in [5, 5.41) is 1.29. The van der Waals surface area contributed by atoms with Gasteiger partial charge in [0.25, 0.3) is 10.0 Å². The van der Waals surface area contributed by atoms with E-state index in [-0.39, 0.29) is 22.9 Å². The molecule has 3 rings (SSSR count). The second-order valence-electron chi connectivity index (χ2n) is 6.26. The smallest absolute Gasteiger partial charge is 0.276 e. The SMILES string of the molecule is Cc1c(S(=O)(=O)N2CCC(C)(CN)C2)oc2ccc(Cl)cc12.Cl. The second-order valence-corrected chi connectivity index (χ2v) is 8.53. The number of nitrogens with zero attached hydrogens (tertiary/aromatic N) is 1. The van der Waals surface area contributed by atoms with Gasteiger partial charge in [-0.05, 0) is 43.5 Å². The van der Waals surface area contributed by atoms with Crippen LogP contribution in [-0.2, 0) is 10.0 Å². The van der Waals surface area contributed by atoms with E-state index >= 15 is 0 Å². The number of benzene rings is 1. The zero-order valence-corrected chi connectivity index (χ0v) is 15.4. The lowest BCUT2D eigenvalue weighted by molar-refractivity contribution is 0.344. The van der Waals surface area contributed by atoms with Crippen LogP contribution in [0.1, 0.15) is 18.9 Å². The molecule has 23 heavy (non-hydrogen) atoms. The Morgan fingerprint density at radius 1 is 1.43 bits per heavy atom. The molecule has 1 saturated heterocycles. The number of fused-ring (bicyclic) bond motifs is 1. The maximum atomic E-state index is 12.9. The first kappa shape index (κ1) is 18.5. The van der Waals surface area contributed by atoms with E-state index in [4.69, 9.17) is 21.8 Å². The van der Waals surface area contributed by atoms with Crippen LogP contribution >= 0.6 is 24.0 Å². The first-order valence-electron chi connectivity index (χ1n) is 7.16. The molecule has 1 unspecified atom stereocenters. The van der Waals surface area contributed by atoms with Gasteiger partial charge in [-0.2, -0.15) is 4.31 Å². The third kappa shape index (κ3) is 3.10. The first-order chi connectivity index (χ1) is 10.3. The molecule has 1 aromatic carbocycles. The molecule has 2 heterocycles. The van der Waals surface area contributed by atoms with E-state index in [1.54, 1.807) is 25.1 Å². The molecule has 0 radical (unpaired) electrons. The summed E-state index contributed by atoms with van der Waals surface area (Å²) in [6, 6.07) is 5.10. The molecule has 128 valence electrons. The number of nitrogens with two attached hydrogens (primary N) is 1. The largest absolute Gasteiger partial charge is 0.443 e. The van der Waals surface area contributed by atoms with Crippen LogP contribution in [0, 0.1) is 12.3 Å². The van der Waals surface area contributed by atoms with Crippen LogP contribution in [0.4, 0.5) is 0 Å². The van der Waals surface area contributed by atoms with Gasteiger partial charge in [-0.25, -0.2) is 8.42 Å². The monoisotopic (exact) mass is 378 g/mol. The topological polar surface area (TPSA) is 76.5 Å². The average molecular weight is 379 g/mol. The highest BCUT2D eigenvalue weighted by Crippen LogP contribution is 2.36. The molecule has 5 nitrogen and oxygen atoms in total. The summed E-state index contributed by atoms with van der Waals surface area (Å²) in [6.45, 7) is 5.10. The molecule has 2 N–H and O–H groups in total. The zero-order valence-electron chi connectivity index (χ0n) is 13.0. The molecule has 0 saturated carbocycles. The van der Waals surface area contributed by atoms with Gasteiger partial charge in [-0.1, -0.05) is 18.5 Å². The molecule has 0 spiro atoms. The molecule has 1 aliphatic heterocycles. The van der Waals surface area contributed by atoms with Gasteiger partial charge in [0, 0.05) is 29.1 Å². The standard InChI is InChI=1S/C15H19ClN2O3S.ClH/c1-10-12-7-11(16)3-4-13(12)21-14(10)22(19,20)18-6-5-15(2,8-17)9-18;/h3-4,7H,5-6,8-9,17H2,1-2H3;1H. The van der Waals surface area contributed by atoms with E-state index in [9.17, 15) is 8.42 Å². The van der Waals surface area contributed by atoms with Gasteiger partial charge in [0.1, 0.15) is 5.58 Å². The van der Waals surface area contributed by atoms with Crippen molar-refractivity contribution in [1.82, 2.24) is 4.31 Å². The zero-order chi connectivity index (χ0) is 16.1. The predicted molar refractivity (Wildman–Crippen MR) is 93.7 cm³/mol. The number of furan rings is 1. The van der Waals surface area contributed by atoms with Crippen LogP contribution in [0.2, 0.25) is 5.02 Å². The van der Waals surface area contributed by atoms with Gasteiger partial charge in [-0.3, -0.25) is 0 Å². The molecule has 0 amide bonds. The van der Waals surface area contributed by atoms with Gasteiger partial charge >= 0.3 is 0 Å². The Hall–Kier alpha value is -0.790. The third-order valence-corrected chi connectivity index (χ3v) is 6.53. The molecule has 2 aromatic rings. The lowest BCUT2D eigenvalue weighted by Crippen LogP contribution is -2.34. The van der Waals surface area contributed by atoms with Crippen molar-refractivity contribution in [2.45, 2.75) is 25.4 Å². The van der Waals surface area contributed by atoms with Crippen molar-refractivity contribution in [3.05, 3.63) is 28.8 Å². The normalized spacial score (nSPS) is 22.4.